The van der Waals surface area contributed by atoms with E-state index in [2.05, 4.69) is 9.97 Å². The highest BCUT2D eigenvalue weighted by atomic mass is 16.6. The monoisotopic (exact) mass is 934 g/mol. The molecule has 0 radical (unpaired) electrons. The third-order valence-electron chi connectivity index (χ3n) is 13.1. The molecule has 0 N–H and O–H groups in total. The Hall–Kier alpha value is -6.91. The molecule has 2 saturated carbocycles. The number of aliphatic imine (C=N–C) groups is 2. The van der Waals surface area contributed by atoms with E-state index in [0.717, 1.165) is 22.3 Å². The quantitative estimate of drug-likeness (QED) is 0.0719. The summed E-state index contributed by atoms with van der Waals surface area (Å²) in [5.41, 5.74) is 6.33. The van der Waals surface area contributed by atoms with Gasteiger partial charge in [-0.15, -0.1) is 0 Å². The summed E-state index contributed by atoms with van der Waals surface area (Å²) >= 11 is 0. The molecular formula is C51H58N4O13. The molecule has 2 aromatic heterocycles. The number of benzene rings is 2. The summed E-state index contributed by atoms with van der Waals surface area (Å²) < 4.78 is 57.5. The SMILES string of the molecule is CCOc1cc2c(cc1OC)C(c1cnc(OC)cc1OC)=N[C@@H]1CC[C@@H](OC(=O)CCC(=O)C(=O)O[C@@H]3CC[C@H]4N=C(c5cnc(OC)cc5OC)c5cc(OC)c(OCC)cc5[C@H]4C3)C[C@H]21. The Bertz CT molecular complexity index is 2610. The first-order valence-electron chi connectivity index (χ1n) is 23.0. The first-order valence-corrected chi connectivity index (χ1v) is 23.0. The Morgan fingerprint density at radius 1 is 0.515 bits per heavy atom. The number of rotatable bonds is 18. The lowest BCUT2D eigenvalue weighted by Crippen LogP contribution is -2.37. The van der Waals surface area contributed by atoms with Gasteiger partial charge in [0, 0.05) is 53.9 Å². The molecule has 2 aromatic carbocycles. The minimum absolute atomic E-state index is 0.113. The van der Waals surface area contributed by atoms with Crippen molar-refractivity contribution in [3.8, 4) is 46.3 Å². The highest BCUT2D eigenvalue weighted by Crippen LogP contribution is 2.48. The molecule has 4 aromatic rings. The largest absolute Gasteiger partial charge is 0.496 e. The number of pyridine rings is 2. The number of aromatic nitrogens is 2. The van der Waals surface area contributed by atoms with Crippen LogP contribution < -0.4 is 37.9 Å². The number of ketones is 1. The highest BCUT2D eigenvalue weighted by molar-refractivity contribution is 6.33. The molecule has 360 valence electrons. The van der Waals surface area contributed by atoms with Gasteiger partial charge in [-0.3, -0.25) is 19.6 Å². The van der Waals surface area contributed by atoms with Gasteiger partial charge in [0.15, 0.2) is 23.0 Å². The number of hydrogen-bond acceptors (Lipinski definition) is 17. The summed E-state index contributed by atoms with van der Waals surface area (Å²) in [6.07, 6.45) is 4.96. The fourth-order valence-corrected chi connectivity index (χ4v) is 9.89. The summed E-state index contributed by atoms with van der Waals surface area (Å²) in [6.45, 7) is 4.67. The highest BCUT2D eigenvalue weighted by Gasteiger charge is 2.42. The van der Waals surface area contributed by atoms with Crippen LogP contribution in [0, 0.1) is 0 Å². The predicted octanol–water partition coefficient (Wildman–Crippen LogP) is 7.17. The van der Waals surface area contributed by atoms with Gasteiger partial charge >= 0.3 is 11.9 Å². The van der Waals surface area contributed by atoms with Crippen LogP contribution in [-0.4, -0.2) is 119 Å². The third-order valence-corrected chi connectivity index (χ3v) is 13.1. The number of methoxy groups -OCH3 is 6. The van der Waals surface area contributed by atoms with Gasteiger partial charge in [0.1, 0.15) is 23.7 Å². The second-order valence-corrected chi connectivity index (χ2v) is 16.9. The molecule has 4 heterocycles. The van der Waals surface area contributed by atoms with Gasteiger partial charge in [-0.1, -0.05) is 0 Å². The molecule has 2 aliphatic carbocycles. The lowest BCUT2D eigenvalue weighted by Gasteiger charge is -2.39. The number of hydrogen-bond donors (Lipinski definition) is 0. The second kappa shape index (κ2) is 20.9. The molecule has 17 heteroatoms. The van der Waals surface area contributed by atoms with Gasteiger partial charge in [0.2, 0.25) is 17.5 Å². The molecule has 0 unspecified atom stereocenters. The Kier molecular flexibility index (Phi) is 14.7. The maximum Gasteiger partial charge on any atom is 0.374 e. The van der Waals surface area contributed by atoms with Crippen LogP contribution in [0.15, 0.2) is 58.8 Å². The van der Waals surface area contributed by atoms with E-state index in [1.807, 2.05) is 38.1 Å². The molecule has 0 spiro atoms. The Morgan fingerprint density at radius 3 is 1.40 bits per heavy atom. The average molecular weight is 935 g/mol. The fraction of sp³-hybridized carbons (Fsp3) is 0.471. The van der Waals surface area contributed by atoms with Crippen molar-refractivity contribution in [3.63, 3.8) is 0 Å². The van der Waals surface area contributed by atoms with Crippen molar-refractivity contribution in [1.82, 2.24) is 9.97 Å². The average Bonchev–Trinajstić information content (AvgIpc) is 3.36. The lowest BCUT2D eigenvalue weighted by atomic mass is 9.74. The zero-order chi connectivity index (χ0) is 48.1. The van der Waals surface area contributed by atoms with E-state index in [0.29, 0.717) is 121 Å². The number of esters is 2. The number of fused-ring (bicyclic) bond motifs is 6. The smallest absolute Gasteiger partial charge is 0.374 e. The number of nitrogens with zero attached hydrogens (tertiary/aromatic N) is 4. The molecule has 2 aliphatic heterocycles. The van der Waals surface area contributed by atoms with Crippen LogP contribution >= 0.6 is 0 Å². The van der Waals surface area contributed by atoms with E-state index >= 15 is 0 Å². The molecule has 8 rings (SSSR count). The van der Waals surface area contributed by atoms with Crippen LogP contribution in [-0.2, 0) is 23.9 Å². The molecule has 2 fully saturated rings. The van der Waals surface area contributed by atoms with E-state index in [9.17, 15) is 14.4 Å². The lowest BCUT2D eigenvalue weighted by molar-refractivity contribution is -0.160. The normalized spacial score (nSPS) is 21.2. The number of carbonyl (C=O) groups is 3. The first-order chi connectivity index (χ1) is 33.0. The summed E-state index contributed by atoms with van der Waals surface area (Å²) in [5.74, 6) is 1.59. The van der Waals surface area contributed by atoms with Crippen molar-refractivity contribution in [1.29, 1.82) is 0 Å². The van der Waals surface area contributed by atoms with Crippen molar-refractivity contribution in [3.05, 3.63) is 82.2 Å². The van der Waals surface area contributed by atoms with E-state index in [1.54, 1.807) is 67.2 Å². The zero-order valence-electron chi connectivity index (χ0n) is 39.8. The maximum absolute atomic E-state index is 13.3. The Morgan fingerprint density at radius 2 is 0.971 bits per heavy atom. The summed E-state index contributed by atoms with van der Waals surface area (Å²) in [6, 6.07) is 10.9. The van der Waals surface area contributed by atoms with E-state index in [1.165, 1.54) is 0 Å². The van der Waals surface area contributed by atoms with Crippen LogP contribution in [0.5, 0.6) is 46.3 Å². The topological polar surface area (TPSA) is 194 Å². The number of ether oxygens (including phenoxy) is 10. The van der Waals surface area contributed by atoms with E-state index < -0.39 is 29.9 Å². The summed E-state index contributed by atoms with van der Waals surface area (Å²) in [7, 11) is 9.43. The van der Waals surface area contributed by atoms with Crippen LogP contribution in [0.4, 0.5) is 0 Å². The molecule has 0 bridgehead atoms. The molecule has 17 nitrogen and oxygen atoms in total. The van der Waals surface area contributed by atoms with Crippen molar-refractivity contribution < 1.29 is 61.8 Å². The molecule has 6 atom stereocenters. The van der Waals surface area contributed by atoms with E-state index in [4.69, 9.17) is 57.4 Å². The second-order valence-electron chi connectivity index (χ2n) is 16.9. The summed E-state index contributed by atoms with van der Waals surface area (Å²) in [4.78, 5) is 59.3. The van der Waals surface area contributed by atoms with Crippen LogP contribution in [0.1, 0.15) is 110 Å². The van der Waals surface area contributed by atoms with E-state index in [-0.39, 0.29) is 36.8 Å². The molecular weight excluding hydrogens is 877 g/mol. The van der Waals surface area contributed by atoms with Crippen molar-refractivity contribution in [2.24, 2.45) is 9.98 Å². The van der Waals surface area contributed by atoms with Gasteiger partial charge in [0.05, 0.1) is 96.9 Å². The van der Waals surface area contributed by atoms with Gasteiger partial charge in [0.25, 0.3) is 0 Å². The van der Waals surface area contributed by atoms with Gasteiger partial charge in [-0.25, -0.2) is 14.8 Å². The first kappa shape index (κ1) is 47.6. The van der Waals surface area contributed by atoms with Crippen molar-refractivity contribution in [2.45, 2.75) is 101 Å². The number of Topliss-reactive ketones (excluding diaryl/α,β-unsaturated/α-hetero) is 1. The molecule has 4 aliphatic rings. The van der Waals surface area contributed by atoms with Crippen LogP contribution in [0.3, 0.4) is 0 Å². The van der Waals surface area contributed by atoms with Crippen LogP contribution in [0.25, 0.3) is 0 Å². The minimum atomic E-state index is -0.975. The van der Waals surface area contributed by atoms with Crippen molar-refractivity contribution in [2.75, 3.05) is 55.9 Å². The molecule has 0 amide bonds. The number of carbonyl (C=O) groups excluding carboxylic acids is 3. The van der Waals surface area contributed by atoms with Crippen molar-refractivity contribution >= 4 is 29.1 Å². The fourth-order valence-electron chi connectivity index (χ4n) is 9.89. The standard InChI is InChI=1S/C51H58N4O13/c1-9-65-44-19-29-31-17-27(11-13-37(31)54-49(33(29)21-42(44)61-5)35-25-52-46(63-7)23-40(35)59-3)67-48(57)16-15-39(56)51(58)68-28-12-14-38-32(18-28)30-20-45(66-10-2)43(62-6)22-34(30)50(55-38)36-26-53-47(64-8)24-41(36)60-4/h19-28,31-32,37-38H,9-18H2,1-8H3/t27-,28-,31-,32-,37-,38-/m1/s1. The molecule has 68 heavy (non-hydrogen) atoms. The third kappa shape index (κ3) is 9.60. The Labute approximate surface area is 395 Å². The van der Waals surface area contributed by atoms with Crippen LogP contribution in [0.2, 0.25) is 0 Å². The Balaban J connectivity index is 0.923. The minimum Gasteiger partial charge on any atom is -0.496 e. The van der Waals surface area contributed by atoms with Gasteiger partial charge < -0.3 is 47.4 Å². The molecule has 0 saturated heterocycles. The maximum atomic E-state index is 13.3. The van der Waals surface area contributed by atoms with Gasteiger partial charge in [-0.05, 0) is 87.8 Å². The predicted molar refractivity (Wildman–Crippen MR) is 249 cm³/mol. The van der Waals surface area contributed by atoms with Gasteiger partial charge in [-0.2, -0.15) is 0 Å². The zero-order valence-corrected chi connectivity index (χ0v) is 39.8. The summed E-state index contributed by atoms with van der Waals surface area (Å²) in [5, 5.41) is 0.